The van der Waals surface area contributed by atoms with Gasteiger partial charge in [0.05, 0.1) is 43.2 Å². The summed E-state index contributed by atoms with van der Waals surface area (Å²) in [6, 6.07) is 4.65. The number of amides is 1. The van der Waals surface area contributed by atoms with Crippen LogP contribution in [0.5, 0.6) is 5.75 Å². The van der Waals surface area contributed by atoms with Gasteiger partial charge in [-0.25, -0.2) is 0 Å². The Morgan fingerprint density at radius 1 is 1.15 bits per heavy atom. The fraction of sp³-hybridized carbons (Fsp3) is 0.581. The number of aromatic amines is 1. The second-order valence-electron chi connectivity index (χ2n) is 11.0. The largest absolute Gasteiger partial charge is 0.496 e. The Kier molecular flexibility index (Phi) is 10.1. The standard InChI is InChI=1S/C31H46N6O4/c1-8-23-24(30(38)32-18-26-28(41-7)16-20(3)34-31(26)39)17-27-25(19-33-36(27)5)29(23)37(9-2)22-12-10-21(11-13-22)35(4)14-15-40-6/h16-17,19,21-22H,8-15,18H2,1-7H3,(H,32,38)(H,34,39)/t21-,22-. The first-order valence-corrected chi connectivity index (χ1v) is 14.7. The number of carbonyl (C=O) groups excluding carboxylic acids is 1. The van der Waals surface area contributed by atoms with Crippen LogP contribution in [0.2, 0.25) is 0 Å². The average Bonchev–Trinajstić information content (AvgIpc) is 3.35. The van der Waals surface area contributed by atoms with Gasteiger partial charge in [-0.1, -0.05) is 6.92 Å². The molecule has 1 aliphatic rings. The molecule has 0 radical (unpaired) electrons. The number of hydrogen-bond donors (Lipinski definition) is 2. The van der Waals surface area contributed by atoms with E-state index in [1.54, 1.807) is 20.1 Å². The van der Waals surface area contributed by atoms with Gasteiger partial charge in [-0.05, 0) is 70.7 Å². The Morgan fingerprint density at radius 3 is 2.49 bits per heavy atom. The zero-order chi connectivity index (χ0) is 29.7. The summed E-state index contributed by atoms with van der Waals surface area (Å²) >= 11 is 0. The van der Waals surface area contributed by atoms with Gasteiger partial charge < -0.3 is 29.6 Å². The van der Waals surface area contributed by atoms with Gasteiger partial charge in [0.1, 0.15) is 5.75 Å². The fourth-order valence-corrected chi connectivity index (χ4v) is 6.33. The third kappa shape index (κ3) is 6.43. The fourth-order valence-electron chi connectivity index (χ4n) is 6.33. The predicted octanol–water partition coefficient (Wildman–Crippen LogP) is 3.79. The summed E-state index contributed by atoms with van der Waals surface area (Å²) in [5.41, 5.74) is 4.49. The molecule has 10 heteroatoms. The monoisotopic (exact) mass is 566 g/mol. The highest BCUT2D eigenvalue weighted by molar-refractivity contribution is 6.05. The Bertz CT molecular complexity index is 1410. The zero-order valence-corrected chi connectivity index (χ0v) is 25.7. The average molecular weight is 567 g/mol. The molecular formula is C31H46N6O4. The molecule has 2 aromatic heterocycles. The van der Waals surface area contributed by atoms with Crippen LogP contribution in [0.4, 0.5) is 5.69 Å². The maximum atomic E-state index is 13.8. The second kappa shape index (κ2) is 13.5. The number of ether oxygens (including phenoxy) is 2. The summed E-state index contributed by atoms with van der Waals surface area (Å²) in [5.74, 6) is 0.249. The minimum absolute atomic E-state index is 0.0671. The smallest absolute Gasteiger partial charge is 0.256 e. The van der Waals surface area contributed by atoms with Gasteiger partial charge >= 0.3 is 0 Å². The van der Waals surface area contributed by atoms with E-state index in [4.69, 9.17) is 9.47 Å². The second-order valence-corrected chi connectivity index (χ2v) is 11.0. The molecule has 0 atom stereocenters. The first-order chi connectivity index (χ1) is 19.7. The van der Waals surface area contributed by atoms with E-state index in [-0.39, 0.29) is 18.0 Å². The zero-order valence-electron chi connectivity index (χ0n) is 25.7. The van der Waals surface area contributed by atoms with E-state index in [2.05, 4.69) is 46.1 Å². The Morgan fingerprint density at radius 2 is 1.85 bits per heavy atom. The van der Waals surface area contributed by atoms with Crippen molar-refractivity contribution in [1.29, 1.82) is 0 Å². The molecule has 1 amide bonds. The lowest BCUT2D eigenvalue weighted by molar-refractivity contribution is 0.0949. The van der Waals surface area contributed by atoms with Crippen LogP contribution in [0.15, 0.2) is 23.1 Å². The van der Waals surface area contributed by atoms with Crippen LogP contribution >= 0.6 is 0 Å². The van der Waals surface area contributed by atoms with E-state index in [1.165, 1.54) is 7.11 Å². The number of likely N-dealkylation sites (N-methyl/N-ethyl adjacent to an activating group) is 1. The number of hydrogen-bond acceptors (Lipinski definition) is 7. The number of nitrogens with one attached hydrogen (secondary N) is 2. The molecule has 3 aromatic rings. The van der Waals surface area contributed by atoms with Gasteiger partial charge in [0.15, 0.2) is 0 Å². The SMILES string of the molecule is CCc1c(C(=O)NCc2c(OC)cc(C)[nH]c2=O)cc2c(cnn2C)c1N(CC)[C@H]1CC[C@H](N(C)CCOC)CC1. The highest BCUT2D eigenvalue weighted by Gasteiger charge is 2.31. The highest BCUT2D eigenvalue weighted by atomic mass is 16.5. The van der Waals surface area contributed by atoms with E-state index < -0.39 is 0 Å². The molecule has 2 heterocycles. The highest BCUT2D eigenvalue weighted by Crippen LogP contribution is 2.38. The van der Waals surface area contributed by atoms with Crippen LogP contribution in [0, 0.1) is 6.92 Å². The lowest BCUT2D eigenvalue weighted by Crippen LogP contribution is -2.44. The number of rotatable bonds is 12. The van der Waals surface area contributed by atoms with Crippen molar-refractivity contribution in [2.45, 2.75) is 71.5 Å². The number of nitrogens with zero attached hydrogens (tertiary/aromatic N) is 4. The molecule has 1 aliphatic carbocycles. The molecule has 41 heavy (non-hydrogen) atoms. The molecule has 0 aliphatic heterocycles. The maximum Gasteiger partial charge on any atom is 0.256 e. The molecule has 1 saturated carbocycles. The van der Waals surface area contributed by atoms with Crippen molar-refractivity contribution in [3.8, 4) is 5.75 Å². The van der Waals surface area contributed by atoms with Gasteiger partial charge in [0.2, 0.25) is 0 Å². The third-order valence-electron chi connectivity index (χ3n) is 8.61. The van der Waals surface area contributed by atoms with E-state index in [9.17, 15) is 9.59 Å². The summed E-state index contributed by atoms with van der Waals surface area (Å²) in [4.78, 5) is 34.1. The summed E-state index contributed by atoms with van der Waals surface area (Å²) in [6.07, 6.45) is 7.07. The summed E-state index contributed by atoms with van der Waals surface area (Å²) < 4.78 is 12.5. The van der Waals surface area contributed by atoms with Crippen molar-refractivity contribution < 1.29 is 14.3 Å². The van der Waals surface area contributed by atoms with Gasteiger partial charge in [-0.2, -0.15) is 5.10 Å². The van der Waals surface area contributed by atoms with Crippen LogP contribution in [0.25, 0.3) is 10.9 Å². The van der Waals surface area contributed by atoms with Crippen LogP contribution in [0.1, 0.15) is 66.7 Å². The first kappa shape index (κ1) is 30.6. The van der Waals surface area contributed by atoms with E-state index in [1.807, 2.05) is 24.0 Å². The lowest BCUT2D eigenvalue weighted by atomic mass is 9.88. The minimum Gasteiger partial charge on any atom is -0.496 e. The van der Waals surface area contributed by atoms with Crippen molar-refractivity contribution in [3.05, 3.63) is 51.1 Å². The molecule has 224 valence electrons. The van der Waals surface area contributed by atoms with Crippen molar-refractivity contribution in [1.82, 2.24) is 25.0 Å². The van der Waals surface area contributed by atoms with Crippen molar-refractivity contribution in [2.24, 2.45) is 7.05 Å². The Hall–Kier alpha value is -3.37. The molecule has 0 bridgehead atoms. The molecule has 1 aromatic carbocycles. The number of anilines is 1. The van der Waals surface area contributed by atoms with Crippen LogP contribution in [-0.4, -0.2) is 78.6 Å². The molecule has 0 spiro atoms. The Labute approximate surface area is 243 Å². The van der Waals surface area contributed by atoms with E-state index >= 15 is 0 Å². The maximum absolute atomic E-state index is 13.8. The van der Waals surface area contributed by atoms with Gasteiger partial charge in [0, 0.05) is 56.0 Å². The molecule has 10 nitrogen and oxygen atoms in total. The minimum atomic E-state index is -0.263. The van der Waals surface area contributed by atoms with Crippen molar-refractivity contribution >= 4 is 22.5 Å². The number of carbonyl (C=O) groups is 1. The number of methoxy groups -OCH3 is 2. The predicted molar refractivity (Wildman–Crippen MR) is 163 cm³/mol. The molecule has 1 fully saturated rings. The van der Waals surface area contributed by atoms with Crippen molar-refractivity contribution in [2.75, 3.05) is 45.9 Å². The molecular weight excluding hydrogens is 520 g/mol. The number of aryl methyl sites for hydroxylation is 2. The van der Waals surface area contributed by atoms with Gasteiger partial charge in [-0.3, -0.25) is 14.3 Å². The number of aromatic nitrogens is 3. The topological polar surface area (TPSA) is 105 Å². The van der Waals surface area contributed by atoms with E-state index in [0.29, 0.717) is 41.1 Å². The van der Waals surface area contributed by atoms with Crippen LogP contribution < -0.4 is 20.5 Å². The first-order valence-electron chi connectivity index (χ1n) is 14.7. The molecule has 0 unspecified atom stereocenters. The van der Waals surface area contributed by atoms with Gasteiger partial charge in [-0.15, -0.1) is 0 Å². The summed E-state index contributed by atoms with van der Waals surface area (Å²) in [5, 5.41) is 8.64. The summed E-state index contributed by atoms with van der Waals surface area (Å²) in [7, 11) is 7.38. The molecule has 0 saturated heterocycles. The third-order valence-corrected chi connectivity index (χ3v) is 8.61. The van der Waals surface area contributed by atoms with E-state index in [0.717, 1.165) is 67.5 Å². The van der Waals surface area contributed by atoms with Gasteiger partial charge in [0.25, 0.3) is 11.5 Å². The van der Waals surface area contributed by atoms with Crippen LogP contribution in [-0.2, 0) is 24.8 Å². The summed E-state index contributed by atoms with van der Waals surface area (Å²) in [6.45, 7) is 8.69. The number of fused-ring (bicyclic) bond motifs is 1. The number of benzene rings is 1. The molecule has 4 rings (SSSR count). The van der Waals surface area contributed by atoms with Crippen molar-refractivity contribution in [3.63, 3.8) is 0 Å². The number of H-pyrrole nitrogens is 1. The van der Waals surface area contributed by atoms with Crippen LogP contribution in [0.3, 0.4) is 0 Å². The number of pyridine rings is 1. The Balaban J connectivity index is 1.65. The lowest BCUT2D eigenvalue weighted by Gasteiger charge is -2.41. The molecule has 2 N–H and O–H groups in total. The quantitative estimate of drug-likeness (QED) is 0.344. The normalized spacial score (nSPS) is 17.3.